The molecule has 4 rings (SSSR count). The number of aromatic nitrogens is 1. The summed E-state index contributed by atoms with van der Waals surface area (Å²) in [5.74, 6) is 0.350. The van der Waals surface area contributed by atoms with Crippen molar-refractivity contribution in [3.05, 3.63) is 35.0 Å². The van der Waals surface area contributed by atoms with E-state index in [0.29, 0.717) is 24.6 Å². The quantitative estimate of drug-likeness (QED) is 0.882. The monoisotopic (exact) mass is 340 g/mol. The largest absolute Gasteiger partial charge is 0.357 e. The van der Waals surface area contributed by atoms with E-state index in [9.17, 15) is 9.59 Å². The normalized spacial score (nSPS) is 21.4. The molecular weight excluding hydrogens is 316 g/mol. The predicted octanol–water partition coefficient (Wildman–Crippen LogP) is 2.43. The van der Waals surface area contributed by atoms with Crippen LogP contribution in [0.4, 0.5) is 0 Å². The van der Waals surface area contributed by atoms with Crippen LogP contribution in [0.15, 0.2) is 18.2 Å². The fourth-order valence-electron chi connectivity index (χ4n) is 3.92. The van der Waals surface area contributed by atoms with E-state index in [1.54, 1.807) is 0 Å². The maximum Gasteiger partial charge on any atom is 0.266 e. The number of amides is 2. The maximum absolute atomic E-state index is 12.9. The zero-order chi connectivity index (χ0) is 17.9. The van der Waals surface area contributed by atoms with Gasteiger partial charge in [0.2, 0.25) is 5.91 Å². The van der Waals surface area contributed by atoms with Crippen molar-refractivity contribution in [2.24, 2.45) is 11.8 Å². The molecule has 2 atom stereocenters. The SMILES string of the molecule is CC(C)C(C)C(=O)N1Cc2[nH]c3cccc4c3c2C(C1)N(C)NC4=O. The van der Waals surface area contributed by atoms with E-state index in [-0.39, 0.29) is 23.8 Å². The van der Waals surface area contributed by atoms with Crippen LogP contribution >= 0.6 is 0 Å². The van der Waals surface area contributed by atoms with Gasteiger partial charge in [0.25, 0.3) is 5.91 Å². The highest BCUT2D eigenvalue weighted by atomic mass is 16.2. The van der Waals surface area contributed by atoms with Crippen molar-refractivity contribution in [3.8, 4) is 0 Å². The van der Waals surface area contributed by atoms with Gasteiger partial charge in [-0.05, 0) is 18.1 Å². The number of H-pyrrole nitrogens is 1. The number of aromatic amines is 1. The van der Waals surface area contributed by atoms with Crippen molar-refractivity contribution >= 4 is 22.7 Å². The Morgan fingerprint density at radius 2 is 2.04 bits per heavy atom. The van der Waals surface area contributed by atoms with E-state index < -0.39 is 0 Å². The molecule has 0 aliphatic carbocycles. The smallest absolute Gasteiger partial charge is 0.266 e. The molecule has 0 radical (unpaired) electrons. The topological polar surface area (TPSA) is 68.4 Å². The van der Waals surface area contributed by atoms with Crippen LogP contribution in [0.25, 0.3) is 10.9 Å². The number of hydrogen-bond donors (Lipinski definition) is 2. The van der Waals surface area contributed by atoms with Crippen LogP contribution in [0, 0.1) is 11.8 Å². The van der Waals surface area contributed by atoms with Gasteiger partial charge in [-0.2, -0.15) is 0 Å². The van der Waals surface area contributed by atoms with E-state index in [2.05, 4.69) is 24.3 Å². The summed E-state index contributed by atoms with van der Waals surface area (Å²) in [6, 6.07) is 5.70. The summed E-state index contributed by atoms with van der Waals surface area (Å²) in [6.07, 6.45) is 0. The van der Waals surface area contributed by atoms with Crippen molar-refractivity contribution in [1.29, 1.82) is 0 Å². The number of nitrogens with zero attached hydrogens (tertiary/aromatic N) is 2. The van der Waals surface area contributed by atoms with Crippen LogP contribution < -0.4 is 5.43 Å². The standard InChI is InChI=1S/C19H24N4O2/c1-10(2)11(3)19(25)23-8-14-17-15(9-23)22(4)21-18(24)12-6-5-7-13(20-14)16(12)17/h5-7,10-11,15,20H,8-9H2,1-4H3,(H,21,24). The molecule has 25 heavy (non-hydrogen) atoms. The number of hydrazine groups is 1. The van der Waals surface area contributed by atoms with Gasteiger partial charge in [-0.15, -0.1) is 0 Å². The first-order chi connectivity index (χ1) is 11.9. The molecule has 2 amide bonds. The van der Waals surface area contributed by atoms with Gasteiger partial charge in [0.05, 0.1) is 18.2 Å². The van der Waals surface area contributed by atoms with Gasteiger partial charge < -0.3 is 9.88 Å². The summed E-state index contributed by atoms with van der Waals surface area (Å²) in [5.41, 5.74) is 6.79. The molecule has 2 N–H and O–H groups in total. The van der Waals surface area contributed by atoms with Gasteiger partial charge in [-0.3, -0.25) is 15.0 Å². The number of likely N-dealkylation sites (N-methyl/N-ethyl adjacent to an activating group) is 1. The third-order valence-corrected chi connectivity index (χ3v) is 5.71. The van der Waals surface area contributed by atoms with Gasteiger partial charge in [-0.1, -0.05) is 26.8 Å². The number of rotatable bonds is 2. The summed E-state index contributed by atoms with van der Waals surface area (Å²) in [5, 5.41) is 2.84. The van der Waals surface area contributed by atoms with Crippen molar-refractivity contribution in [2.75, 3.05) is 13.6 Å². The molecule has 1 aromatic carbocycles. The van der Waals surface area contributed by atoms with Crippen LogP contribution in [0.2, 0.25) is 0 Å². The number of carbonyl (C=O) groups excluding carboxylic acids is 2. The van der Waals surface area contributed by atoms with Gasteiger partial charge in [0.1, 0.15) is 0 Å². The fourth-order valence-corrected chi connectivity index (χ4v) is 3.92. The molecule has 2 unspecified atom stereocenters. The third-order valence-electron chi connectivity index (χ3n) is 5.71. The molecule has 0 saturated carbocycles. The number of hydrogen-bond acceptors (Lipinski definition) is 3. The molecule has 1 aromatic heterocycles. The van der Waals surface area contributed by atoms with E-state index in [1.807, 2.05) is 42.1 Å². The second-order valence-electron chi connectivity index (χ2n) is 7.56. The lowest BCUT2D eigenvalue weighted by molar-refractivity contribution is -0.138. The van der Waals surface area contributed by atoms with Crippen molar-refractivity contribution < 1.29 is 9.59 Å². The van der Waals surface area contributed by atoms with E-state index in [4.69, 9.17) is 0 Å². The molecular formula is C19H24N4O2. The van der Waals surface area contributed by atoms with E-state index >= 15 is 0 Å². The Kier molecular flexibility index (Phi) is 3.61. The van der Waals surface area contributed by atoms with E-state index in [0.717, 1.165) is 22.2 Å². The first kappa shape index (κ1) is 16.1. The Labute approximate surface area is 147 Å². The summed E-state index contributed by atoms with van der Waals surface area (Å²) in [4.78, 5) is 30.8. The Bertz CT molecular complexity index is 870. The van der Waals surface area contributed by atoms with Gasteiger partial charge in [0.15, 0.2) is 0 Å². The minimum Gasteiger partial charge on any atom is -0.357 e. The summed E-state index contributed by atoms with van der Waals surface area (Å²) in [7, 11) is 1.87. The second-order valence-corrected chi connectivity index (χ2v) is 7.56. The highest BCUT2D eigenvalue weighted by Crippen LogP contribution is 2.39. The molecule has 3 heterocycles. The summed E-state index contributed by atoms with van der Waals surface area (Å²) in [6.45, 7) is 7.29. The van der Waals surface area contributed by atoms with E-state index in [1.165, 1.54) is 0 Å². The van der Waals surface area contributed by atoms with Gasteiger partial charge in [-0.25, -0.2) is 5.01 Å². The molecule has 0 bridgehead atoms. The maximum atomic E-state index is 12.9. The zero-order valence-electron chi connectivity index (χ0n) is 15.1. The molecule has 6 heteroatoms. The lowest BCUT2D eigenvalue weighted by Crippen LogP contribution is -2.49. The van der Waals surface area contributed by atoms with Crippen LogP contribution in [0.1, 0.15) is 48.4 Å². The molecule has 2 aromatic rings. The summed E-state index contributed by atoms with van der Waals surface area (Å²) >= 11 is 0. The Balaban J connectivity index is 1.83. The third kappa shape index (κ3) is 2.35. The molecule has 0 fully saturated rings. The minimum absolute atomic E-state index is 0.0211. The number of carbonyl (C=O) groups is 2. The highest BCUT2D eigenvalue weighted by Gasteiger charge is 2.38. The Morgan fingerprint density at radius 3 is 2.76 bits per heavy atom. The van der Waals surface area contributed by atoms with Crippen molar-refractivity contribution in [3.63, 3.8) is 0 Å². The molecule has 2 aliphatic rings. The van der Waals surface area contributed by atoms with Crippen LogP contribution in [0.5, 0.6) is 0 Å². The predicted molar refractivity (Wildman–Crippen MR) is 95.7 cm³/mol. The van der Waals surface area contributed by atoms with Crippen molar-refractivity contribution in [2.45, 2.75) is 33.4 Å². The lowest BCUT2D eigenvalue weighted by atomic mass is 9.92. The lowest BCUT2D eigenvalue weighted by Gasteiger charge is -2.38. The first-order valence-corrected chi connectivity index (χ1v) is 8.84. The average Bonchev–Trinajstić information content (AvgIpc) is 2.92. The highest BCUT2D eigenvalue weighted by molar-refractivity contribution is 6.08. The van der Waals surface area contributed by atoms with Crippen LogP contribution in [-0.4, -0.2) is 40.3 Å². The number of benzene rings is 1. The molecule has 6 nitrogen and oxygen atoms in total. The fraction of sp³-hybridized carbons (Fsp3) is 0.474. The molecule has 132 valence electrons. The second kappa shape index (κ2) is 5.59. The minimum atomic E-state index is -0.0993. The van der Waals surface area contributed by atoms with Crippen LogP contribution in [-0.2, 0) is 11.3 Å². The average molecular weight is 340 g/mol. The Morgan fingerprint density at radius 1 is 1.28 bits per heavy atom. The zero-order valence-corrected chi connectivity index (χ0v) is 15.1. The number of nitrogens with one attached hydrogen (secondary N) is 2. The molecule has 0 saturated heterocycles. The summed E-state index contributed by atoms with van der Waals surface area (Å²) < 4.78 is 0. The molecule has 0 spiro atoms. The van der Waals surface area contributed by atoms with Crippen molar-refractivity contribution in [1.82, 2.24) is 20.3 Å². The Hall–Kier alpha value is -2.34. The van der Waals surface area contributed by atoms with Gasteiger partial charge >= 0.3 is 0 Å². The first-order valence-electron chi connectivity index (χ1n) is 8.84. The van der Waals surface area contributed by atoms with Gasteiger partial charge in [0, 0.05) is 41.7 Å². The molecule has 2 aliphatic heterocycles. The van der Waals surface area contributed by atoms with Crippen LogP contribution in [0.3, 0.4) is 0 Å².